The Balaban J connectivity index is 0.00000162. The van der Waals surface area contributed by atoms with E-state index in [1.165, 1.54) is 6.07 Å². The van der Waals surface area contributed by atoms with Crippen LogP contribution in [0.1, 0.15) is 5.56 Å². The molecule has 2 rings (SSSR count). The zero-order chi connectivity index (χ0) is 12.3. The fourth-order valence-electron chi connectivity index (χ4n) is 2.03. The number of morpholine rings is 1. The lowest BCUT2D eigenvalue weighted by molar-refractivity contribution is -0.0260. The zero-order valence-corrected chi connectivity index (χ0v) is 12.3. The minimum absolute atomic E-state index is 0. The van der Waals surface area contributed by atoms with Gasteiger partial charge in [-0.3, -0.25) is 4.90 Å². The van der Waals surface area contributed by atoms with Crippen LogP contribution in [0, 0.1) is 5.82 Å². The molecule has 0 bridgehead atoms. The minimum atomic E-state index is -0.210. The Morgan fingerprint density at radius 2 is 2.22 bits per heavy atom. The van der Waals surface area contributed by atoms with E-state index in [-0.39, 0.29) is 24.3 Å². The molecule has 3 nitrogen and oxygen atoms in total. The van der Waals surface area contributed by atoms with Crippen molar-refractivity contribution in [2.24, 2.45) is 5.73 Å². The third kappa shape index (κ3) is 4.48. The topological polar surface area (TPSA) is 38.5 Å². The van der Waals surface area contributed by atoms with E-state index in [1.54, 1.807) is 6.07 Å². The summed E-state index contributed by atoms with van der Waals surface area (Å²) < 4.78 is 19.5. The van der Waals surface area contributed by atoms with Gasteiger partial charge >= 0.3 is 0 Å². The van der Waals surface area contributed by atoms with Crippen molar-refractivity contribution in [2.45, 2.75) is 12.6 Å². The van der Waals surface area contributed by atoms with Crippen LogP contribution in [0.5, 0.6) is 0 Å². The summed E-state index contributed by atoms with van der Waals surface area (Å²) >= 11 is 3.30. The van der Waals surface area contributed by atoms with Crippen molar-refractivity contribution in [3.8, 4) is 0 Å². The molecule has 1 atom stereocenters. The van der Waals surface area contributed by atoms with Crippen molar-refractivity contribution in [1.29, 1.82) is 0 Å². The Bertz CT molecular complexity index is 374. The molecule has 1 aromatic rings. The van der Waals surface area contributed by atoms with E-state index in [0.29, 0.717) is 13.2 Å². The van der Waals surface area contributed by atoms with Crippen molar-refractivity contribution >= 4 is 28.3 Å². The summed E-state index contributed by atoms with van der Waals surface area (Å²) in [6.45, 7) is 3.63. The maximum atomic E-state index is 13.2. The van der Waals surface area contributed by atoms with Gasteiger partial charge in [0.05, 0.1) is 12.7 Å². The average molecular weight is 340 g/mol. The highest BCUT2D eigenvalue weighted by Gasteiger charge is 2.19. The highest BCUT2D eigenvalue weighted by Crippen LogP contribution is 2.17. The number of halogens is 3. The molecular formula is C12H17BrClFN2O. The number of benzene rings is 1. The lowest BCUT2D eigenvalue weighted by Gasteiger charge is -2.32. The van der Waals surface area contributed by atoms with Crippen LogP contribution in [-0.2, 0) is 11.3 Å². The molecule has 1 aliphatic heterocycles. The maximum absolute atomic E-state index is 13.2. The van der Waals surface area contributed by atoms with E-state index in [4.69, 9.17) is 10.5 Å². The number of ether oxygens (including phenoxy) is 1. The van der Waals surface area contributed by atoms with E-state index in [9.17, 15) is 4.39 Å². The monoisotopic (exact) mass is 338 g/mol. The van der Waals surface area contributed by atoms with Crippen molar-refractivity contribution in [3.63, 3.8) is 0 Å². The van der Waals surface area contributed by atoms with Gasteiger partial charge < -0.3 is 10.5 Å². The largest absolute Gasteiger partial charge is 0.374 e. The molecule has 0 aliphatic carbocycles. The molecule has 0 aromatic heterocycles. The Morgan fingerprint density at radius 1 is 1.44 bits per heavy atom. The molecular weight excluding hydrogens is 323 g/mol. The van der Waals surface area contributed by atoms with E-state index < -0.39 is 0 Å². The molecule has 1 aromatic carbocycles. The van der Waals surface area contributed by atoms with E-state index in [1.807, 2.05) is 6.07 Å². The molecule has 1 fully saturated rings. The highest BCUT2D eigenvalue weighted by molar-refractivity contribution is 9.10. The molecule has 0 saturated carbocycles. The van der Waals surface area contributed by atoms with E-state index in [2.05, 4.69) is 20.8 Å². The van der Waals surface area contributed by atoms with Gasteiger partial charge in [0, 0.05) is 30.7 Å². The van der Waals surface area contributed by atoms with Gasteiger partial charge in [0.25, 0.3) is 0 Å². The second-order valence-electron chi connectivity index (χ2n) is 4.24. The summed E-state index contributed by atoms with van der Waals surface area (Å²) in [7, 11) is 0. The molecule has 1 unspecified atom stereocenters. The van der Waals surface area contributed by atoms with Crippen LogP contribution < -0.4 is 5.73 Å². The summed E-state index contributed by atoms with van der Waals surface area (Å²) in [6.07, 6.45) is 0.0979. The van der Waals surface area contributed by atoms with Crippen LogP contribution in [-0.4, -0.2) is 37.2 Å². The summed E-state index contributed by atoms with van der Waals surface area (Å²) in [5.41, 5.74) is 6.56. The second kappa shape index (κ2) is 7.40. The van der Waals surface area contributed by atoms with Crippen molar-refractivity contribution in [1.82, 2.24) is 4.90 Å². The molecule has 6 heteroatoms. The first-order valence-corrected chi connectivity index (χ1v) is 6.45. The first-order chi connectivity index (χ1) is 8.17. The normalized spacial score (nSPS) is 20.5. The Labute approximate surface area is 121 Å². The predicted molar refractivity (Wildman–Crippen MR) is 75.4 cm³/mol. The first kappa shape index (κ1) is 15.9. The highest BCUT2D eigenvalue weighted by atomic mass is 79.9. The molecule has 18 heavy (non-hydrogen) atoms. The third-order valence-corrected chi connectivity index (χ3v) is 3.27. The second-order valence-corrected chi connectivity index (χ2v) is 5.16. The minimum Gasteiger partial charge on any atom is -0.374 e. The van der Waals surface area contributed by atoms with Crippen LogP contribution in [0.3, 0.4) is 0 Å². The van der Waals surface area contributed by atoms with Crippen LogP contribution in [0.2, 0.25) is 0 Å². The van der Waals surface area contributed by atoms with Gasteiger partial charge in [-0.25, -0.2) is 4.39 Å². The number of nitrogens with zero attached hydrogens (tertiary/aromatic N) is 1. The summed E-state index contributed by atoms with van der Waals surface area (Å²) in [6, 6.07) is 4.97. The molecule has 0 spiro atoms. The van der Waals surface area contributed by atoms with Crippen LogP contribution in [0.15, 0.2) is 22.7 Å². The van der Waals surface area contributed by atoms with Gasteiger partial charge in [0.15, 0.2) is 0 Å². The van der Waals surface area contributed by atoms with Crippen LogP contribution >= 0.6 is 28.3 Å². The molecule has 102 valence electrons. The van der Waals surface area contributed by atoms with E-state index >= 15 is 0 Å². The van der Waals surface area contributed by atoms with Gasteiger partial charge in [0.1, 0.15) is 5.82 Å². The van der Waals surface area contributed by atoms with Crippen LogP contribution in [0.25, 0.3) is 0 Å². The standard InChI is InChI=1S/C12H16BrFN2O.ClH/c13-10-3-9(4-11(14)5-10)7-16-1-2-17-12(6-15)8-16;/h3-5,12H,1-2,6-8,15H2;1H. The number of nitrogens with two attached hydrogens (primary N) is 1. The smallest absolute Gasteiger partial charge is 0.124 e. The first-order valence-electron chi connectivity index (χ1n) is 5.66. The lowest BCUT2D eigenvalue weighted by Crippen LogP contribution is -2.45. The van der Waals surface area contributed by atoms with E-state index in [0.717, 1.165) is 29.7 Å². The van der Waals surface area contributed by atoms with Gasteiger partial charge in [-0.1, -0.05) is 15.9 Å². The predicted octanol–water partition coefficient (Wildman–Crippen LogP) is 2.17. The Morgan fingerprint density at radius 3 is 2.89 bits per heavy atom. The average Bonchev–Trinajstić information content (AvgIpc) is 2.28. The van der Waals surface area contributed by atoms with Crippen molar-refractivity contribution in [2.75, 3.05) is 26.2 Å². The molecule has 2 N–H and O–H groups in total. The number of rotatable bonds is 3. The quantitative estimate of drug-likeness (QED) is 0.917. The fourth-order valence-corrected chi connectivity index (χ4v) is 2.54. The number of hydrogen-bond acceptors (Lipinski definition) is 3. The summed E-state index contributed by atoms with van der Waals surface area (Å²) in [5.74, 6) is -0.210. The van der Waals surface area contributed by atoms with Crippen molar-refractivity contribution in [3.05, 3.63) is 34.1 Å². The maximum Gasteiger partial charge on any atom is 0.124 e. The summed E-state index contributed by atoms with van der Waals surface area (Å²) in [5, 5.41) is 0. The summed E-state index contributed by atoms with van der Waals surface area (Å²) in [4.78, 5) is 2.24. The molecule has 0 radical (unpaired) electrons. The molecule has 0 amide bonds. The fraction of sp³-hybridized carbons (Fsp3) is 0.500. The van der Waals surface area contributed by atoms with Crippen LogP contribution in [0.4, 0.5) is 4.39 Å². The van der Waals surface area contributed by atoms with Crippen molar-refractivity contribution < 1.29 is 9.13 Å². The zero-order valence-electron chi connectivity index (χ0n) is 9.94. The van der Waals surface area contributed by atoms with Gasteiger partial charge in [-0.05, 0) is 23.8 Å². The lowest BCUT2D eigenvalue weighted by atomic mass is 10.2. The Hall–Kier alpha value is -0.200. The van der Waals surface area contributed by atoms with Gasteiger partial charge in [-0.15, -0.1) is 12.4 Å². The Kier molecular flexibility index (Phi) is 6.52. The molecule has 1 aliphatic rings. The SMILES string of the molecule is Cl.NCC1CN(Cc2cc(F)cc(Br)c2)CCO1. The third-order valence-electron chi connectivity index (χ3n) is 2.81. The molecule has 1 saturated heterocycles. The number of hydrogen-bond donors (Lipinski definition) is 1. The molecule has 1 heterocycles. The van der Waals surface area contributed by atoms with Gasteiger partial charge in [0.2, 0.25) is 0 Å². The van der Waals surface area contributed by atoms with Gasteiger partial charge in [-0.2, -0.15) is 0 Å².